The fourth-order valence-corrected chi connectivity index (χ4v) is 2.16. The van der Waals surface area contributed by atoms with Gasteiger partial charge in [0.05, 0.1) is 21.9 Å². The molecule has 0 saturated heterocycles. The smallest absolute Gasteiger partial charge is 0.347 e. The predicted octanol–water partition coefficient (Wildman–Crippen LogP) is 3.89. The largest absolute Gasteiger partial charge is 0.477 e. The number of carboxylic acids is 1. The van der Waals surface area contributed by atoms with Crippen molar-refractivity contribution in [1.82, 2.24) is 4.98 Å². The number of hydrogen-bond acceptors (Lipinski definition) is 4. The molecule has 2 N–H and O–H groups in total. The van der Waals surface area contributed by atoms with Crippen molar-refractivity contribution in [3.63, 3.8) is 0 Å². The number of thiazole rings is 1. The fraction of sp³-hybridized carbons (Fsp3) is 0. The van der Waals surface area contributed by atoms with Crippen LogP contribution >= 0.6 is 34.5 Å². The standard InChI is InChI=1S/C10H6Cl2N2O2S/c11-5-2-1-3-6(8(5)12)14-10-13-4-7(17-10)9(15)16/h1-4H,(H,13,14)(H,15,16). The highest BCUT2D eigenvalue weighted by Gasteiger charge is 2.10. The van der Waals surface area contributed by atoms with Crippen LogP contribution in [-0.2, 0) is 0 Å². The van der Waals surface area contributed by atoms with Gasteiger partial charge in [0.2, 0.25) is 0 Å². The first-order chi connectivity index (χ1) is 8.08. The van der Waals surface area contributed by atoms with E-state index in [2.05, 4.69) is 10.3 Å². The molecule has 4 nitrogen and oxygen atoms in total. The number of hydrogen-bond donors (Lipinski definition) is 2. The van der Waals surface area contributed by atoms with Crippen LogP contribution in [0.25, 0.3) is 0 Å². The summed E-state index contributed by atoms with van der Waals surface area (Å²) in [5, 5.41) is 12.9. The van der Waals surface area contributed by atoms with E-state index in [0.717, 1.165) is 11.3 Å². The second-order valence-electron chi connectivity index (χ2n) is 3.06. The normalized spacial score (nSPS) is 10.2. The van der Waals surface area contributed by atoms with E-state index in [9.17, 15) is 4.79 Å². The van der Waals surface area contributed by atoms with Gasteiger partial charge in [-0.25, -0.2) is 9.78 Å². The molecule has 0 amide bonds. The molecule has 0 aliphatic heterocycles. The van der Waals surface area contributed by atoms with E-state index in [1.54, 1.807) is 18.2 Å². The van der Waals surface area contributed by atoms with Crippen molar-refractivity contribution < 1.29 is 9.90 Å². The summed E-state index contributed by atoms with van der Waals surface area (Å²) in [7, 11) is 0. The van der Waals surface area contributed by atoms with E-state index in [0.29, 0.717) is 20.9 Å². The Balaban J connectivity index is 2.25. The van der Waals surface area contributed by atoms with E-state index < -0.39 is 5.97 Å². The van der Waals surface area contributed by atoms with Gasteiger partial charge in [0.25, 0.3) is 0 Å². The van der Waals surface area contributed by atoms with Crippen LogP contribution in [0.15, 0.2) is 24.4 Å². The molecule has 0 radical (unpaired) electrons. The van der Waals surface area contributed by atoms with Crippen molar-refractivity contribution in [1.29, 1.82) is 0 Å². The monoisotopic (exact) mass is 288 g/mol. The lowest BCUT2D eigenvalue weighted by atomic mass is 10.3. The van der Waals surface area contributed by atoms with Crippen molar-refractivity contribution in [2.75, 3.05) is 5.32 Å². The van der Waals surface area contributed by atoms with E-state index in [1.807, 2.05) is 0 Å². The van der Waals surface area contributed by atoms with E-state index in [-0.39, 0.29) is 4.88 Å². The first kappa shape index (κ1) is 12.2. The second-order valence-corrected chi connectivity index (χ2v) is 4.88. The highest BCUT2D eigenvalue weighted by Crippen LogP contribution is 2.32. The molecule has 0 spiro atoms. The third-order valence-corrected chi connectivity index (χ3v) is 3.63. The lowest BCUT2D eigenvalue weighted by Crippen LogP contribution is -1.90. The summed E-state index contributed by atoms with van der Waals surface area (Å²) < 4.78 is 0. The second kappa shape index (κ2) is 4.91. The summed E-state index contributed by atoms with van der Waals surface area (Å²) >= 11 is 12.9. The molecule has 0 aliphatic carbocycles. The van der Waals surface area contributed by atoms with Gasteiger partial charge in [-0.1, -0.05) is 40.6 Å². The molecule has 0 bridgehead atoms. The Morgan fingerprint density at radius 3 is 2.82 bits per heavy atom. The summed E-state index contributed by atoms with van der Waals surface area (Å²) in [5.74, 6) is -1.01. The molecule has 88 valence electrons. The molecule has 0 unspecified atom stereocenters. The first-order valence-corrected chi connectivity index (χ1v) is 6.05. The topological polar surface area (TPSA) is 62.2 Å². The van der Waals surface area contributed by atoms with E-state index >= 15 is 0 Å². The number of halogens is 2. The van der Waals surface area contributed by atoms with Crippen molar-refractivity contribution in [3.05, 3.63) is 39.3 Å². The number of nitrogens with zero attached hydrogens (tertiary/aromatic N) is 1. The Morgan fingerprint density at radius 1 is 1.41 bits per heavy atom. The Bertz CT molecular complexity index is 571. The molecule has 1 aromatic carbocycles. The molecule has 0 atom stereocenters. The molecular weight excluding hydrogens is 283 g/mol. The molecule has 0 aliphatic rings. The first-order valence-electron chi connectivity index (χ1n) is 4.48. The summed E-state index contributed by atoms with van der Waals surface area (Å²) in [6.07, 6.45) is 1.29. The summed E-state index contributed by atoms with van der Waals surface area (Å²) in [6, 6.07) is 5.14. The summed E-state index contributed by atoms with van der Waals surface area (Å²) in [5.41, 5.74) is 0.588. The van der Waals surface area contributed by atoms with Crippen LogP contribution in [0.4, 0.5) is 10.8 Å². The van der Waals surface area contributed by atoms with Gasteiger partial charge in [0.15, 0.2) is 5.13 Å². The third-order valence-electron chi connectivity index (χ3n) is 1.91. The molecule has 0 fully saturated rings. The minimum atomic E-state index is -1.01. The van der Waals surface area contributed by atoms with E-state index in [4.69, 9.17) is 28.3 Å². The van der Waals surface area contributed by atoms with Crippen molar-refractivity contribution in [2.45, 2.75) is 0 Å². The van der Waals surface area contributed by atoms with E-state index in [1.165, 1.54) is 6.20 Å². The minimum absolute atomic E-state index is 0.158. The number of aromatic nitrogens is 1. The SMILES string of the molecule is O=C(O)c1cnc(Nc2cccc(Cl)c2Cl)s1. The molecule has 7 heteroatoms. The average molecular weight is 289 g/mol. The quantitative estimate of drug-likeness (QED) is 0.899. The molecule has 1 aromatic heterocycles. The zero-order valence-corrected chi connectivity index (χ0v) is 10.6. The van der Waals surface area contributed by atoms with Gasteiger partial charge in [0.1, 0.15) is 4.88 Å². The molecular formula is C10H6Cl2N2O2S. The predicted molar refractivity (Wildman–Crippen MR) is 68.8 cm³/mol. The molecule has 2 aromatic rings. The van der Waals surface area contributed by atoms with Crippen LogP contribution in [-0.4, -0.2) is 16.1 Å². The number of rotatable bonds is 3. The number of carbonyl (C=O) groups is 1. The number of nitrogens with one attached hydrogen (secondary N) is 1. The maximum absolute atomic E-state index is 10.7. The van der Waals surface area contributed by atoms with Crippen LogP contribution in [0.1, 0.15) is 9.67 Å². The zero-order valence-electron chi connectivity index (χ0n) is 8.28. The Hall–Kier alpha value is -1.30. The molecule has 2 rings (SSSR count). The Morgan fingerprint density at radius 2 is 2.18 bits per heavy atom. The van der Waals surface area contributed by atoms with Gasteiger partial charge in [-0.15, -0.1) is 0 Å². The van der Waals surface area contributed by atoms with Crippen LogP contribution in [0.5, 0.6) is 0 Å². The van der Waals surface area contributed by atoms with Gasteiger partial charge in [0, 0.05) is 0 Å². The maximum atomic E-state index is 10.7. The number of anilines is 2. The maximum Gasteiger partial charge on any atom is 0.347 e. The van der Waals surface area contributed by atoms with Crippen molar-refractivity contribution >= 4 is 51.3 Å². The van der Waals surface area contributed by atoms with Gasteiger partial charge in [-0.05, 0) is 12.1 Å². The van der Waals surface area contributed by atoms with Crippen LogP contribution in [0.3, 0.4) is 0 Å². The van der Waals surface area contributed by atoms with Crippen LogP contribution in [0, 0.1) is 0 Å². The van der Waals surface area contributed by atoms with Gasteiger partial charge >= 0.3 is 5.97 Å². The van der Waals surface area contributed by atoms with Crippen LogP contribution < -0.4 is 5.32 Å². The summed E-state index contributed by atoms with van der Waals surface area (Å²) in [6.45, 7) is 0. The number of benzene rings is 1. The molecule has 1 heterocycles. The van der Waals surface area contributed by atoms with Gasteiger partial charge in [-0.2, -0.15) is 0 Å². The highest BCUT2D eigenvalue weighted by molar-refractivity contribution is 7.17. The zero-order chi connectivity index (χ0) is 12.4. The fourth-order valence-electron chi connectivity index (χ4n) is 1.15. The Kier molecular flexibility index (Phi) is 3.51. The van der Waals surface area contributed by atoms with Crippen molar-refractivity contribution in [3.8, 4) is 0 Å². The Labute approximate surface area is 111 Å². The van der Waals surface area contributed by atoms with Gasteiger partial charge in [-0.3, -0.25) is 0 Å². The molecule has 0 saturated carbocycles. The highest BCUT2D eigenvalue weighted by atomic mass is 35.5. The minimum Gasteiger partial charge on any atom is -0.477 e. The lowest BCUT2D eigenvalue weighted by Gasteiger charge is -2.05. The van der Waals surface area contributed by atoms with Crippen LogP contribution in [0.2, 0.25) is 10.0 Å². The lowest BCUT2D eigenvalue weighted by molar-refractivity contribution is 0.0702. The van der Waals surface area contributed by atoms with Gasteiger partial charge < -0.3 is 10.4 Å². The average Bonchev–Trinajstić information content (AvgIpc) is 2.73. The third kappa shape index (κ3) is 2.69. The van der Waals surface area contributed by atoms with Crippen molar-refractivity contribution in [2.24, 2.45) is 0 Å². The number of carboxylic acid groups (broad SMARTS) is 1. The summed E-state index contributed by atoms with van der Waals surface area (Å²) in [4.78, 5) is 14.8. The molecule has 17 heavy (non-hydrogen) atoms. The number of aromatic carboxylic acids is 1.